The van der Waals surface area contributed by atoms with Crippen molar-refractivity contribution in [3.8, 4) is 0 Å². The Hall–Kier alpha value is -0.940. The predicted octanol–water partition coefficient (Wildman–Crippen LogP) is 0.730. The molecule has 17 heavy (non-hydrogen) atoms. The molecule has 2 rings (SSSR count). The Morgan fingerprint density at radius 3 is 2.82 bits per heavy atom. The van der Waals surface area contributed by atoms with Crippen LogP contribution in [-0.4, -0.2) is 31.5 Å². The Morgan fingerprint density at radius 1 is 1.29 bits per heavy atom. The van der Waals surface area contributed by atoms with E-state index in [1.54, 1.807) is 0 Å². The highest BCUT2D eigenvalue weighted by atomic mass is 16.5. The molecule has 0 saturated heterocycles. The van der Waals surface area contributed by atoms with E-state index < -0.39 is 0 Å². The lowest BCUT2D eigenvalue weighted by Crippen LogP contribution is -2.24. The van der Waals surface area contributed by atoms with E-state index in [1.807, 2.05) is 12.1 Å². The van der Waals surface area contributed by atoms with Crippen LogP contribution in [0.3, 0.4) is 0 Å². The predicted molar refractivity (Wildman–Crippen MR) is 66.6 cm³/mol. The lowest BCUT2D eigenvalue weighted by Gasteiger charge is -2.13. The summed E-state index contributed by atoms with van der Waals surface area (Å²) in [4.78, 5) is 0. The fraction of sp³-hybridized carbons (Fsp3) is 0.538. The first-order valence-electron chi connectivity index (χ1n) is 6.09. The van der Waals surface area contributed by atoms with Crippen LogP contribution in [0.4, 0.5) is 0 Å². The summed E-state index contributed by atoms with van der Waals surface area (Å²) < 4.78 is 5.21. The van der Waals surface area contributed by atoms with Gasteiger partial charge in [0.2, 0.25) is 0 Å². The normalized spacial score (nSPS) is 22.7. The molecule has 1 aliphatic carbocycles. The SMILES string of the molecule is NC1CC(NCCOCCO)c2ccccc21. The molecule has 0 heterocycles. The van der Waals surface area contributed by atoms with Crippen molar-refractivity contribution in [2.45, 2.75) is 18.5 Å². The quantitative estimate of drug-likeness (QED) is 0.637. The summed E-state index contributed by atoms with van der Waals surface area (Å²) in [6.45, 7) is 1.89. The van der Waals surface area contributed by atoms with Gasteiger partial charge in [0.1, 0.15) is 0 Å². The van der Waals surface area contributed by atoms with E-state index in [1.165, 1.54) is 11.1 Å². The summed E-state index contributed by atoms with van der Waals surface area (Å²) in [5, 5.41) is 12.0. The van der Waals surface area contributed by atoms with Crippen LogP contribution in [0.5, 0.6) is 0 Å². The van der Waals surface area contributed by atoms with Gasteiger partial charge in [-0.2, -0.15) is 0 Å². The molecule has 0 radical (unpaired) electrons. The second-order valence-corrected chi connectivity index (χ2v) is 4.31. The molecule has 1 aromatic carbocycles. The molecule has 1 aromatic rings. The molecule has 4 nitrogen and oxygen atoms in total. The second kappa shape index (κ2) is 6.12. The van der Waals surface area contributed by atoms with Gasteiger partial charge in [0.25, 0.3) is 0 Å². The van der Waals surface area contributed by atoms with Crippen molar-refractivity contribution in [1.29, 1.82) is 0 Å². The molecule has 0 amide bonds. The van der Waals surface area contributed by atoms with E-state index >= 15 is 0 Å². The van der Waals surface area contributed by atoms with Gasteiger partial charge in [-0.05, 0) is 17.5 Å². The summed E-state index contributed by atoms with van der Waals surface area (Å²) in [5.74, 6) is 0. The lowest BCUT2D eigenvalue weighted by molar-refractivity contribution is 0.0925. The van der Waals surface area contributed by atoms with E-state index in [2.05, 4.69) is 17.4 Å². The minimum Gasteiger partial charge on any atom is -0.394 e. The average molecular weight is 236 g/mol. The van der Waals surface area contributed by atoms with Crippen molar-refractivity contribution in [2.24, 2.45) is 5.73 Å². The Morgan fingerprint density at radius 2 is 2.06 bits per heavy atom. The van der Waals surface area contributed by atoms with E-state index in [9.17, 15) is 0 Å². The van der Waals surface area contributed by atoms with E-state index in [0.29, 0.717) is 19.3 Å². The smallest absolute Gasteiger partial charge is 0.0698 e. The van der Waals surface area contributed by atoms with Gasteiger partial charge in [0.15, 0.2) is 0 Å². The molecule has 0 fully saturated rings. The summed E-state index contributed by atoms with van der Waals surface area (Å²) in [5.41, 5.74) is 8.64. The Kier molecular flexibility index (Phi) is 4.50. The maximum Gasteiger partial charge on any atom is 0.0698 e. The first-order chi connectivity index (χ1) is 8.33. The van der Waals surface area contributed by atoms with E-state index in [4.69, 9.17) is 15.6 Å². The van der Waals surface area contributed by atoms with Crippen LogP contribution < -0.4 is 11.1 Å². The third kappa shape index (κ3) is 3.04. The highest BCUT2D eigenvalue weighted by molar-refractivity contribution is 5.37. The van der Waals surface area contributed by atoms with Crippen molar-refractivity contribution >= 4 is 0 Å². The topological polar surface area (TPSA) is 67.5 Å². The number of hydrogen-bond donors (Lipinski definition) is 3. The first kappa shape index (κ1) is 12.5. The molecule has 0 aromatic heterocycles. The van der Waals surface area contributed by atoms with Gasteiger partial charge in [0.05, 0.1) is 19.8 Å². The molecule has 0 bridgehead atoms. The maximum absolute atomic E-state index is 8.58. The zero-order valence-electron chi connectivity index (χ0n) is 9.93. The van der Waals surface area contributed by atoms with Crippen LogP contribution in [0.1, 0.15) is 29.6 Å². The van der Waals surface area contributed by atoms with Crippen LogP contribution in [-0.2, 0) is 4.74 Å². The van der Waals surface area contributed by atoms with Gasteiger partial charge in [-0.25, -0.2) is 0 Å². The minimum absolute atomic E-state index is 0.0805. The average Bonchev–Trinajstić information content (AvgIpc) is 2.67. The standard InChI is InChI=1S/C13H20N2O2/c14-12-9-13(15-5-7-17-8-6-16)11-4-2-1-3-10(11)12/h1-4,12-13,15-16H,5-9,14H2. The number of aliphatic hydroxyl groups excluding tert-OH is 1. The molecule has 0 aliphatic heterocycles. The number of benzene rings is 1. The first-order valence-corrected chi connectivity index (χ1v) is 6.09. The van der Waals surface area contributed by atoms with E-state index in [-0.39, 0.29) is 12.6 Å². The summed E-state index contributed by atoms with van der Waals surface area (Å²) in [6, 6.07) is 8.79. The molecule has 94 valence electrons. The number of hydrogen-bond acceptors (Lipinski definition) is 4. The van der Waals surface area contributed by atoms with Crippen molar-refractivity contribution in [2.75, 3.05) is 26.4 Å². The lowest BCUT2D eigenvalue weighted by atomic mass is 10.1. The van der Waals surface area contributed by atoms with Crippen molar-refractivity contribution in [3.63, 3.8) is 0 Å². The summed E-state index contributed by atoms with van der Waals surface area (Å²) >= 11 is 0. The molecule has 1 aliphatic rings. The highest BCUT2D eigenvalue weighted by Crippen LogP contribution is 2.36. The minimum atomic E-state index is 0.0805. The van der Waals surface area contributed by atoms with Crippen LogP contribution in [0.15, 0.2) is 24.3 Å². The summed E-state index contributed by atoms with van der Waals surface area (Å²) in [6.07, 6.45) is 0.944. The Balaban J connectivity index is 1.83. The second-order valence-electron chi connectivity index (χ2n) is 4.31. The van der Waals surface area contributed by atoms with Gasteiger partial charge >= 0.3 is 0 Å². The maximum atomic E-state index is 8.58. The number of ether oxygens (including phenoxy) is 1. The van der Waals surface area contributed by atoms with E-state index in [0.717, 1.165) is 13.0 Å². The van der Waals surface area contributed by atoms with Gasteiger partial charge in [0, 0.05) is 18.6 Å². The van der Waals surface area contributed by atoms with Gasteiger partial charge in [-0.15, -0.1) is 0 Å². The van der Waals surface area contributed by atoms with Crippen molar-refractivity contribution in [1.82, 2.24) is 5.32 Å². The molecule has 2 atom stereocenters. The Labute approximate surface area is 102 Å². The third-order valence-corrected chi connectivity index (χ3v) is 3.13. The molecular weight excluding hydrogens is 216 g/mol. The van der Waals surface area contributed by atoms with Crippen LogP contribution in [0.25, 0.3) is 0 Å². The third-order valence-electron chi connectivity index (χ3n) is 3.13. The molecule has 0 spiro atoms. The number of nitrogens with one attached hydrogen (secondary N) is 1. The fourth-order valence-electron chi connectivity index (χ4n) is 2.34. The fourth-order valence-corrected chi connectivity index (χ4v) is 2.34. The van der Waals surface area contributed by atoms with Gasteiger partial charge < -0.3 is 20.9 Å². The van der Waals surface area contributed by atoms with Gasteiger partial charge in [-0.1, -0.05) is 24.3 Å². The molecule has 2 unspecified atom stereocenters. The van der Waals surface area contributed by atoms with Gasteiger partial charge in [-0.3, -0.25) is 0 Å². The zero-order chi connectivity index (χ0) is 12.1. The zero-order valence-corrected chi connectivity index (χ0v) is 9.93. The highest BCUT2D eigenvalue weighted by Gasteiger charge is 2.27. The Bertz CT molecular complexity index is 357. The molecule has 4 heteroatoms. The van der Waals surface area contributed by atoms with Crippen molar-refractivity contribution < 1.29 is 9.84 Å². The van der Waals surface area contributed by atoms with Crippen LogP contribution >= 0.6 is 0 Å². The molecule has 4 N–H and O–H groups in total. The molecule has 0 saturated carbocycles. The van der Waals surface area contributed by atoms with Crippen molar-refractivity contribution in [3.05, 3.63) is 35.4 Å². The monoisotopic (exact) mass is 236 g/mol. The number of rotatable bonds is 6. The molecular formula is C13H20N2O2. The number of aliphatic hydroxyl groups is 1. The number of fused-ring (bicyclic) bond motifs is 1. The number of nitrogens with two attached hydrogens (primary N) is 1. The largest absolute Gasteiger partial charge is 0.394 e. The van der Waals surface area contributed by atoms with Crippen LogP contribution in [0.2, 0.25) is 0 Å². The van der Waals surface area contributed by atoms with Crippen LogP contribution in [0, 0.1) is 0 Å². The summed E-state index contributed by atoms with van der Waals surface area (Å²) in [7, 11) is 0.